The number of halogens is 1. The first kappa shape index (κ1) is 10.3. The van der Waals surface area contributed by atoms with Crippen molar-refractivity contribution < 1.29 is 9.90 Å². The summed E-state index contributed by atoms with van der Waals surface area (Å²) in [4.78, 5) is 10.3. The van der Waals surface area contributed by atoms with Crippen LogP contribution in [0.1, 0.15) is 24.8 Å². The Morgan fingerprint density at radius 3 is 2.85 bits per heavy atom. The monoisotopic (exact) mass is 242 g/mol. The van der Waals surface area contributed by atoms with Gasteiger partial charge in [-0.1, -0.05) is 28.9 Å². The summed E-state index contributed by atoms with van der Waals surface area (Å²) >= 11 is 3.34. The minimum atomic E-state index is 0.187. The highest BCUT2D eigenvalue weighted by molar-refractivity contribution is 9.10. The molecular weight excluding hydrogens is 232 g/mol. The van der Waals surface area contributed by atoms with E-state index in [1.165, 1.54) is 0 Å². The maximum atomic E-state index is 10.3. The van der Waals surface area contributed by atoms with Gasteiger partial charge < -0.3 is 9.90 Å². The van der Waals surface area contributed by atoms with Gasteiger partial charge in [-0.15, -0.1) is 0 Å². The predicted molar refractivity (Wildman–Crippen MR) is 54.9 cm³/mol. The Hall–Kier alpha value is -0.830. The summed E-state index contributed by atoms with van der Waals surface area (Å²) in [6.07, 6.45) is 1.41. The van der Waals surface area contributed by atoms with Gasteiger partial charge in [0.25, 0.3) is 0 Å². The highest BCUT2D eigenvalue weighted by atomic mass is 79.9. The lowest BCUT2D eigenvalue weighted by Crippen LogP contribution is -1.95. The molecule has 1 atom stereocenters. The van der Waals surface area contributed by atoms with Crippen LogP contribution in [-0.4, -0.2) is 11.4 Å². The number of aldehydes is 1. The van der Waals surface area contributed by atoms with Gasteiger partial charge in [0.15, 0.2) is 0 Å². The lowest BCUT2D eigenvalue weighted by atomic mass is 9.98. The molecule has 70 valence electrons. The summed E-state index contributed by atoms with van der Waals surface area (Å²) in [6.45, 7) is 1.98. The fourth-order valence-electron chi connectivity index (χ4n) is 1.19. The zero-order valence-corrected chi connectivity index (χ0v) is 8.91. The van der Waals surface area contributed by atoms with Crippen molar-refractivity contribution in [3.8, 4) is 5.75 Å². The van der Waals surface area contributed by atoms with Crippen LogP contribution in [0.15, 0.2) is 22.7 Å². The van der Waals surface area contributed by atoms with E-state index in [0.29, 0.717) is 6.42 Å². The molecule has 0 aromatic heterocycles. The van der Waals surface area contributed by atoms with E-state index >= 15 is 0 Å². The molecule has 3 heteroatoms. The fraction of sp³-hybridized carbons (Fsp3) is 0.300. The van der Waals surface area contributed by atoms with E-state index < -0.39 is 0 Å². The van der Waals surface area contributed by atoms with Gasteiger partial charge in [0.2, 0.25) is 0 Å². The van der Waals surface area contributed by atoms with Crippen molar-refractivity contribution in [1.82, 2.24) is 0 Å². The first-order valence-electron chi connectivity index (χ1n) is 4.07. The molecule has 0 spiro atoms. The highest BCUT2D eigenvalue weighted by Gasteiger charge is 2.08. The Labute approximate surface area is 85.7 Å². The summed E-state index contributed by atoms with van der Waals surface area (Å²) in [7, 11) is 0. The van der Waals surface area contributed by atoms with Crippen LogP contribution in [0.5, 0.6) is 5.75 Å². The third-order valence-corrected chi connectivity index (χ3v) is 2.65. The fourth-order valence-corrected chi connectivity index (χ4v) is 1.94. The Kier molecular flexibility index (Phi) is 3.48. The number of carbonyl (C=O) groups is 1. The molecule has 0 bridgehead atoms. The zero-order valence-electron chi connectivity index (χ0n) is 7.33. The lowest BCUT2D eigenvalue weighted by molar-refractivity contribution is -0.108. The number of phenols is 1. The van der Waals surface area contributed by atoms with Crippen LogP contribution in [0.25, 0.3) is 0 Å². The summed E-state index contributed by atoms with van der Waals surface area (Å²) in [6, 6.07) is 5.09. The van der Waals surface area contributed by atoms with Crippen molar-refractivity contribution >= 4 is 22.2 Å². The maximum absolute atomic E-state index is 10.3. The predicted octanol–water partition coefficient (Wildman–Crippen LogP) is 2.85. The van der Waals surface area contributed by atoms with Crippen molar-refractivity contribution in [2.45, 2.75) is 19.3 Å². The molecule has 0 amide bonds. The third kappa shape index (κ3) is 2.56. The zero-order chi connectivity index (χ0) is 9.84. The second-order valence-corrected chi connectivity index (χ2v) is 3.86. The number of phenolic OH excluding ortho intramolecular Hbond substituents is 1. The number of benzene rings is 1. The minimum Gasteiger partial charge on any atom is -0.508 e. The Bertz CT molecular complexity index is 310. The Morgan fingerprint density at radius 1 is 1.62 bits per heavy atom. The summed E-state index contributed by atoms with van der Waals surface area (Å²) in [5.41, 5.74) is 1.05. The number of aromatic hydroxyl groups is 1. The van der Waals surface area contributed by atoms with Gasteiger partial charge in [0, 0.05) is 10.9 Å². The van der Waals surface area contributed by atoms with Gasteiger partial charge in [-0.25, -0.2) is 0 Å². The second-order valence-electron chi connectivity index (χ2n) is 3.01. The van der Waals surface area contributed by atoms with Crippen molar-refractivity contribution in [2.75, 3.05) is 0 Å². The molecule has 1 unspecified atom stereocenters. The van der Waals surface area contributed by atoms with Crippen molar-refractivity contribution in [2.24, 2.45) is 0 Å². The number of carbonyl (C=O) groups excluding carboxylic acids is 1. The largest absolute Gasteiger partial charge is 0.508 e. The smallest absolute Gasteiger partial charge is 0.120 e. The van der Waals surface area contributed by atoms with Gasteiger partial charge in [-0.05, 0) is 23.6 Å². The molecule has 0 fully saturated rings. The van der Waals surface area contributed by atoms with Crippen LogP contribution < -0.4 is 0 Å². The summed E-state index contributed by atoms with van der Waals surface area (Å²) < 4.78 is 0.849. The Balaban J connectivity index is 2.94. The van der Waals surface area contributed by atoms with Gasteiger partial charge in [0.1, 0.15) is 12.0 Å². The van der Waals surface area contributed by atoms with Crippen LogP contribution >= 0.6 is 15.9 Å². The van der Waals surface area contributed by atoms with Crippen LogP contribution in [-0.2, 0) is 4.79 Å². The highest BCUT2D eigenvalue weighted by Crippen LogP contribution is 2.29. The van der Waals surface area contributed by atoms with Crippen LogP contribution in [0.2, 0.25) is 0 Å². The molecule has 1 aromatic rings. The number of hydrogen-bond acceptors (Lipinski definition) is 2. The summed E-state index contributed by atoms with van der Waals surface area (Å²) in [5, 5.41) is 9.15. The normalized spacial score (nSPS) is 12.5. The van der Waals surface area contributed by atoms with Gasteiger partial charge in [-0.3, -0.25) is 0 Å². The molecule has 0 aliphatic heterocycles. The van der Waals surface area contributed by atoms with Gasteiger partial charge >= 0.3 is 0 Å². The number of rotatable bonds is 3. The molecule has 13 heavy (non-hydrogen) atoms. The molecule has 1 N–H and O–H groups in total. The van der Waals surface area contributed by atoms with Gasteiger partial charge in [-0.2, -0.15) is 0 Å². The van der Waals surface area contributed by atoms with Crippen molar-refractivity contribution in [1.29, 1.82) is 0 Å². The van der Waals surface area contributed by atoms with E-state index in [4.69, 9.17) is 5.11 Å². The standard InChI is InChI=1S/C10H11BrO2/c1-7(4-5-12)9-3-2-8(13)6-10(9)11/h2-3,5-7,13H,4H2,1H3. The molecule has 0 saturated carbocycles. The van der Waals surface area contributed by atoms with Crippen LogP contribution in [0.3, 0.4) is 0 Å². The molecular formula is C10H11BrO2. The first-order valence-corrected chi connectivity index (χ1v) is 4.86. The molecule has 2 nitrogen and oxygen atoms in total. The van der Waals surface area contributed by atoms with E-state index in [0.717, 1.165) is 16.3 Å². The molecule has 0 heterocycles. The van der Waals surface area contributed by atoms with E-state index in [2.05, 4.69) is 15.9 Å². The molecule has 0 saturated heterocycles. The summed E-state index contributed by atoms with van der Waals surface area (Å²) in [5.74, 6) is 0.418. The molecule has 1 rings (SSSR count). The average molecular weight is 243 g/mol. The van der Waals surface area contributed by atoms with E-state index in [1.807, 2.05) is 13.0 Å². The van der Waals surface area contributed by atoms with Crippen LogP contribution in [0.4, 0.5) is 0 Å². The number of hydrogen-bond donors (Lipinski definition) is 1. The molecule has 0 radical (unpaired) electrons. The maximum Gasteiger partial charge on any atom is 0.120 e. The van der Waals surface area contributed by atoms with Crippen LogP contribution in [0, 0.1) is 0 Å². The van der Waals surface area contributed by atoms with E-state index in [-0.39, 0.29) is 11.7 Å². The van der Waals surface area contributed by atoms with Gasteiger partial charge in [0.05, 0.1) is 0 Å². The Morgan fingerprint density at radius 2 is 2.31 bits per heavy atom. The van der Waals surface area contributed by atoms with E-state index in [9.17, 15) is 4.79 Å². The third-order valence-electron chi connectivity index (χ3n) is 1.96. The lowest BCUT2D eigenvalue weighted by Gasteiger charge is -2.10. The molecule has 0 aliphatic carbocycles. The van der Waals surface area contributed by atoms with Crippen molar-refractivity contribution in [3.05, 3.63) is 28.2 Å². The SMILES string of the molecule is CC(CC=O)c1ccc(O)cc1Br. The molecule has 0 aliphatic rings. The van der Waals surface area contributed by atoms with Crippen molar-refractivity contribution in [3.63, 3.8) is 0 Å². The molecule has 1 aromatic carbocycles. The first-order chi connectivity index (χ1) is 6.15. The minimum absolute atomic E-state index is 0.187. The average Bonchev–Trinajstić information content (AvgIpc) is 2.04. The second kappa shape index (κ2) is 4.42. The van der Waals surface area contributed by atoms with E-state index in [1.54, 1.807) is 12.1 Å². The quantitative estimate of drug-likeness (QED) is 0.829. The topological polar surface area (TPSA) is 37.3 Å².